The molecular weight excluding hydrogens is 213 g/mol. The average Bonchev–Trinajstić information content (AvgIpc) is 2.79. The summed E-state index contributed by atoms with van der Waals surface area (Å²) in [5.41, 5.74) is -0.0467. The number of aromatic amines is 1. The van der Waals surface area contributed by atoms with E-state index in [0.717, 1.165) is 6.20 Å². The number of carbonyl (C=O) groups is 1. The van der Waals surface area contributed by atoms with E-state index in [1.807, 2.05) is 0 Å². The summed E-state index contributed by atoms with van der Waals surface area (Å²) in [5.74, 6) is -0.670. The second-order valence-electron chi connectivity index (χ2n) is 2.97. The van der Waals surface area contributed by atoms with Crippen LogP contribution in [0.3, 0.4) is 0 Å². The topological polar surface area (TPSA) is 83.6 Å². The Morgan fingerprint density at radius 2 is 2.44 bits per heavy atom. The van der Waals surface area contributed by atoms with Crippen LogP contribution in [-0.4, -0.2) is 26.1 Å². The molecular formula is C9H8FN5O. The molecule has 0 bridgehead atoms. The number of aromatic nitrogens is 4. The Balaban J connectivity index is 2.01. The van der Waals surface area contributed by atoms with Gasteiger partial charge in [-0.2, -0.15) is 5.10 Å². The molecule has 16 heavy (non-hydrogen) atoms. The van der Waals surface area contributed by atoms with Gasteiger partial charge in [0.1, 0.15) is 12.2 Å². The third kappa shape index (κ3) is 2.19. The Morgan fingerprint density at radius 3 is 3.12 bits per heavy atom. The summed E-state index contributed by atoms with van der Waals surface area (Å²) in [5, 5.41) is 8.70. The van der Waals surface area contributed by atoms with Crippen LogP contribution in [0, 0.1) is 5.82 Å². The normalized spacial score (nSPS) is 10.1. The van der Waals surface area contributed by atoms with Gasteiger partial charge in [0.25, 0.3) is 5.91 Å². The van der Waals surface area contributed by atoms with Crippen LogP contribution in [0.5, 0.6) is 0 Å². The van der Waals surface area contributed by atoms with Gasteiger partial charge in [-0.3, -0.25) is 14.9 Å². The summed E-state index contributed by atoms with van der Waals surface area (Å²) in [6, 6.07) is 1.31. The molecule has 0 fully saturated rings. The number of nitrogens with zero attached hydrogens (tertiary/aromatic N) is 3. The van der Waals surface area contributed by atoms with Crippen LogP contribution >= 0.6 is 0 Å². The van der Waals surface area contributed by atoms with Crippen LogP contribution in [-0.2, 0) is 6.54 Å². The summed E-state index contributed by atoms with van der Waals surface area (Å²) in [7, 11) is 0. The summed E-state index contributed by atoms with van der Waals surface area (Å²) < 4.78 is 13.1. The Hall–Kier alpha value is -2.31. The van der Waals surface area contributed by atoms with Crippen LogP contribution in [0.4, 0.5) is 4.39 Å². The average molecular weight is 221 g/mol. The number of hydrogen-bond donors (Lipinski definition) is 2. The highest BCUT2D eigenvalue weighted by Gasteiger charge is 2.10. The molecule has 0 aliphatic carbocycles. The third-order valence-corrected chi connectivity index (χ3v) is 1.90. The molecule has 6 nitrogen and oxygen atoms in total. The van der Waals surface area contributed by atoms with Gasteiger partial charge in [-0.1, -0.05) is 0 Å². The zero-order chi connectivity index (χ0) is 11.4. The fraction of sp³-hybridized carbons (Fsp3) is 0.111. The van der Waals surface area contributed by atoms with Gasteiger partial charge in [0, 0.05) is 6.20 Å². The molecule has 2 aromatic rings. The lowest BCUT2D eigenvalue weighted by Gasteiger charge is -2.03. The van der Waals surface area contributed by atoms with Crippen LogP contribution < -0.4 is 5.32 Å². The molecule has 0 aromatic carbocycles. The predicted octanol–water partition coefficient (Wildman–Crippen LogP) is 0.269. The molecule has 0 saturated carbocycles. The SMILES string of the molecule is O=C(NCc1ncn[nH]1)c1ccncc1F. The van der Waals surface area contributed by atoms with Crippen molar-refractivity contribution in [1.29, 1.82) is 0 Å². The first-order chi connectivity index (χ1) is 7.77. The largest absolute Gasteiger partial charge is 0.345 e. The van der Waals surface area contributed by atoms with Crippen molar-refractivity contribution in [3.63, 3.8) is 0 Å². The molecule has 0 spiro atoms. The molecule has 0 atom stereocenters. The van der Waals surface area contributed by atoms with Crippen LogP contribution in [0.2, 0.25) is 0 Å². The van der Waals surface area contributed by atoms with Gasteiger partial charge in [-0.15, -0.1) is 0 Å². The highest BCUT2D eigenvalue weighted by atomic mass is 19.1. The lowest BCUT2D eigenvalue weighted by molar-refractivity contribution is 0.0945. The minimum Gasteiger partial charge on any atom is -0.345 e. The lowest BCUT2D eigenvalue weighted by atomic mass is 10.2. The predicted molar refractivity (Wildman–Crippen MR) is 51.7 cm³/mol. The summed E-state index contributed by atoms with van der Waals surface area (Å²) >= 11 is 0. The van der Waals surface area contributed by atoms with Gasteiger partial charge in [0.05, 0.1) is 18.3 Å². The first-order valence-electron chi connectivity index (χ1n) is 4.49. The Morgan fingerprint density at radius 1 is 1.56 bits per heavy atom. The summed E-state index contributed by atoms with van der Waals surface area (Å²) in [6.45, 7) is 0.167. The molecule has 0 unspecified atom stereocenters. The van der Waals surface area contributed by atoms with Gasteiger partial charge >= 0.3 is 0 Å². The zero-order valence-electron chi connectivity index (χ0n) is 8.14. The van der Waals surface area contributed by atoms with Crippen molar-refractivity contribution in [2.24, 2.45) is 0 Å². The Labute approximate surface area is 89.9 Å². The maximum Gasteiger partial charge on any atom is 0.254 e. The zero-order valence-corrected chi connectivity index (χ0v) is 8.14. The van der Waals surface area contributed by atoms with Crippen molar-refractivity contribution in [3.05, 3.63) is 42.0 Å². The van der Waals surface area contributed by atoms with Gasteiger partial charge < -0.3 is 5.32 Å². The highest BCUT2D eigenvalue weighted by molar-refractivity contribution is 5.94. The van der Waals surface area contributed by atoms with Crippen molar-refractivity contribution >= 4 is 5.91 Å². The van der Waals surface area contributed by atoms with E-state index in [2.05, 4.69) is 25.5 Å². The van der Waals surface area contributed by atoms with E-state index in [9.17, 15) is 9.18 Å². The molecule has 0 aliphatic rings. The second kappa shape index (κ2) is 4.47. The summed E-state index contributed by atoms with van der Waals surface area (Å²) in [6.07, 6.45) is 3.67. The minimum atomic E-state index is -0.655. The maximum absolute atomic E-state index is 13.1. The van der Waals surface area contributed by atoms with Crippen molar-refractivity contribution < 1.29 is 9.18 Å². The number of halogens is 1. The standard InChI is InChI=1S/C9H8FN5O/c10-7-3-11-2-1-6(7)9(16)12-4-8-13-5-14-15-8/h1-3,5H,4H2,(H,12,16)(H,13,14,15). The van der Waals surface area contributed by atoms with Crippen LogP contribution in [0.25, 0.3) is 0 Å². The number of carbonyl (C=O) groups excluding carboxylic acids is 1. The molecule has 1 amide bonds. The highest BCUT2D eigenvalue weighted by Crippen LogP contribution is 2.03. The molecule has 2 aromatic heterocycles. The molecule has 2 rings (SSSR count). The first kappa shape index (κ1) is 10.2. The smallest absolute Gasteiger partial charge is 0.254 e. The fourth-order valence-corrected chi connectivity index (χ4v) is 1.13. The number of pyridine rings is 1. The van der Waals surface area contributed by atoms with Crippen molar-refractivity contribution in [2.45, 2.75) is 6.54 Å². The van der Waals surface area contributed by atoms with E-state index >= 15 is 0 Å². The van der Waals surface area contributed by atoms with E-state index in [4.69, 9.17) is 0 Å². The van der Waals surface area contributed by atoms with E-state index < -0.39 is 11.7 Å². The number of amides is 1. The van der Waals surface area contributed by atoms with Gasteiger partial charge in [-0.05, 0) is 6.07 Å². The molecule has 0 saturated heterocycles. The Kier molecular flexibility index (Phi) is 2.86. The number of hydrogen-bond acceptors (Lipinski definition) is 4. The maximum atomic E-state index is 13.1. The second-order valence-corrected chi connectivity index (χ2v) is 2.97. The molecule has 0 radical (unpaired) electrons. The lowest BCUT2D eigenvalue weighted by Crippen LogP contribution is -2.24. The van der Waals surface area contributed by atoms with E-state index in [1.54, 1.807) is 0 Å². The van der Waals surface area contributed by atoms with Crippen molar-refractivity contribution in [2.75, 3.05) is 0 Å². The quantitative estimate of drug-likeness (QED) is 0.779. The molecule has 2 N–H and O–H groups in total. The third-order valence-electron chi connectivity index (χ3n) is 1.90. The van der Waals surface area contributed by atoms with Gasteiger partial charge in [0.2, 0.25) is 0 Å². The molecule has 2 heterocycles. The number of H-pyrrole nitrogens is 1. The van der Waals surface area contributed by atoms with E-state index in [1.165, 1.54) is 18.6 Å². The molecule has 0 aliphatic heterocycles. The monoisotopic (exact) mass is 221 g/mol. The van der Waals surface area contributed by atoms with Crippen molar-refractivity contribution in [3.8, 4) is 0 Å². The number of nitrogens with one attached hydrogen (secondary N) is 2. The van der Waals surface area contributed by atoms with E-state index in [0.29, 0.717) is 5.82 Å². The summed E-state index contributed by atoms with van der Waals surface area (Å²) in [4.78, 5) is 18.9. The molecule has 7 heteroatoms. The van der Waals surface area contributed by atoms with Gasteiger partial charge in [-0.25, -0.2) is 9.37 Å². The Bertz CT molecular complexity index is 484. The van der Waals surface area contributed by atoms with Crippen LogP contribution in [0.15, 0.2) is 24.8 Å². The van der Waals surface area contributed by atoms with E-state index in [-0.39, 0.29) is 12.1 Å². The fourth-order valence-electron chi connectivity index (χ4n) is 1.13. The molecule has 82 valence electrons. The van der Waals surface area contributed by atoms with Crippen LogP contribution in [0.1, 0.15) is 16.2 Å². The van der Waals surface area contributed by atoms with Crippen molar-refractivity contribution in [1.82, 2.24) is 25.5 Å². The first-order valence-corrected chi connectivity index (χ1v) is 4.49. The minimum absolute atomic E-state index is 0.0467. The van der Waals surface area contributed by atoms with Gasteiger partial charge in [0.15, 0.2) is 5.82 Å². The number of rotatable bonds is 3.